The SMILES string of the molecule is Cn1cc2c(n1)-c1ccccc1Oc1ccccc1C2=O. The smallest absolute Gasteiger partial charge is 0.200 e. The molecule has 102 valence electrons. The molecule has 2 heterocycles. The standard InChI is InChI=1S/C17H12N2O2/c1-19-10-13-16(18-19)11-6-2-4-8-14(11)21-15-9-5-3-7-12(15)17(13)20/h2-10H,1H3. The molecule has 0 radical (unpaired) electrons. The van der Waals surface area contributed by atoms with Crippen LogP contribution in [0.1, 0.15) is 15.9 Å². The van der Waals surface area contributed by atoms with Crippen LogP contribution in [0.3, 0.4) is 0 Å². The summed E-state index contributed by atoms with van der Waals surface area (Å²) in [6, 6.07) is 14.9. The Bertz CT molecular complexity index is 865. The van der Waals surface area contributed by atoms with Gasteiger partial charge in [0.15, 0.2) is 0 Å². The fraction of sp³-hybridized carbons (Fsp3) is 0.0588. The van der Waals surface area contributed by atoms with Crippen molar-refractivity contribution in [1.29, 1.82) is 0 Å². The molecule has 1 aromatic heterocycles. The monoisotopic (exact) mass is 276 g/mol. The van der Waals surface area contributed by atoms with E-state index < -0.39 is 0 Å². The minimum Gasteiger partial charge on any atom is -0.456 e. The van der Waals surface area contributed by atoms with Crippen LogP contribution in [0, 0.1) is 0 Å². The summed E-state index contributed by atoms with van der Waals surface area (Å²) in [5.74, 6) is 1.21. The number of ether oxygens (including phenoxy) is 1. The molecule has 4 rings (SSSR count). The third-order valence-corrected chi connectivity index (χ3v) is 3.57. The highest BCUT2D eigenvalue weighted by atomic mass is 16.5. The third kappa shape index (κ3) is 1.76. The zero-order valence-corrected chi connectivity index (χ0v) is 11.4. The van der Waals surface area contributed by atoms with Crippen LogP contribution in [-0.2, 0) is 7.05 Å². The first kappa shape index (κ1) is 11.9. The zero-order chi connectivity index (χ0) is 14.4. The Kier molecular flexibility index (Phi) is 2.44. The molecule has 0 saturated heterocycles. The molecular formula is C17H12N2O2. The van der Waals surface area contributed by atoms with Gasteiger partial charge in [-0.2, -0.15) is 5.10 Å². The quantitative estimate of drug-likeness (QED) is 0.494. The van der Waals surface area contributed by atoms with Crippen molar-refractivity contribution < 1.29 is 9.53 Å². The van der Waals surface area contributed by atoms with Crippen molar-refractivity contribution >= 4 is 5.78 Å². The Labute approximate surface area is 121 Å². The van der Waals surface area contributed by atoms with E-state index in [1.165, 1.54) is 0 Å². The van der Waals surface area contributed by atoms with E-state index in [0.29, 0.717) is 28.3 Å². The maximum absolute atomic E-state index is 12.8. The molecule has 4 heteroatoms. The molecule has 0 unspecified atom stereocenters. The first-order valence-electron chi connectivity index (χ1n) is 6.68. The van der Waals surface area contributed by atoms with Crippen LogP contribution in [0.25, 0.3) is 11.3 Å². The zero-order valence-electron chi connectivity index (χ0n) is 11.4. The molecule has 0 spiro atoms. The Morgan fingerprint density at radius 1 is 0.905 bits per heavy atom. The average molecular weight is 276 g/mol. The molecule has 0 atom stereocenters. The van der Waals surface area contributed by atoms with Crippen molar-refractivity contribution in [2.45, 2.75) is 0 Å². The number of rotatable bonds is 0. The Balaban J connectivity index is 2.09. The van der Waals surface area contributed by atoms with Gasteiger partial charge in [-0.05, 0) is 24.3 Å². The molecule has 1 aliphatic heterocycles. The van der Waals surface area contributed by atoms with Gasteiger partial charge >= 0.3 is 0 Å². The number of hydrogen-bond acceptors (Lipinski definition) is 3. The topological polar surface area (TPSA) is 44.1 Å². The van der Waals surface area contributed by atoms with E-state index in [9.17, 15) is 4.79 Å². The van der Waals surface area contributed by atoms with Crippen molar-refractivity contribution in [1.82, 2.24) is 9.78 Å². The Hall–Kier alpha value is -2.88. The van der Waals surface area contributed by atoms with E-state index >= 15 is 0 Å². The van der Waals surface area contributed by atoms with Gasteiger partial charge in [0.2, 0.25) is 5.78 Å². The van der Waals surface area contributed by atoms with Crippen molar-refractivity contribution in [3.63, 3.8) is 0 Å². The molecule has 0 N–H and O–H groups in total. The van der Waals surface area contributed by atoms with Gasteiger partial charge in [0, 0.05) is 18.8 Å². The van der Waals surface area contributed by atoms with Crippen LogP contribution < -0.4 is 4.74 Å². The maximum Gasteiger partial charge on any atom is 0.200 e. The molecule has 0 bridgehead atoms. The van der Waals surface area contributed by atoms with Gasteiger partial charge in [0.05, 0.1) is 11.1 Å². The number of aromatic nitrogens is 2. The summed E-state index contributed by atoms with van der Waals surface area (Å²) in [6.45, 7) is 0. The number of carbonyl (C=O) groups is 1. The van der Waals surface area contributed by atoms with Gasteiger partial charge in [-0.1, -0.05) is 24.3 Å². The normalized spacial score (nSPS) is 12.5. The van der Waals surface area contributed by atoms with E-state index in [0.717, 1.165) is 5.56 Å². The van der Waals surface area contributed by atoms with Gasteiger partial charge in [0.1, 0.15) is 17.2 Å². The van der Waals surface area contributed by atoms with Crippen LogP contribution >= 0.6 is 0 Å². The number of ketones is 1. The van der Waals surface area contributed by atoms with E-state index in [-0.39, 0.29) is 5.78 Å². The second-order valence-electron chi connectivity index (χ2n) is 4.99. The summed E-state index contributed by atoms with van der Waals surface area (Å²) in [7, 11) is 1.81. The van der Waals surface area contributed by atoms with Gasteiger partial charge in [-0.3, -0.25) is 9.48 Å². The molecule has 0 fully saturated rings. The van der Waals surface area contributed by atoms with E-state index in [1.807, 2.05) is 49.5 Å². The summed E-state index contributed by atoms with van der Waals surface area (Å²) in [4.78, 5) is 12.8. The fourth-order valence-electron chi connectivity index (χ4n) is 2.61. The van der Waals surface area contributed by atoms with E-state index in [4.69, 9.17) is 4.74 Å². The molecule has 2 aromatic carbocycles. The van der Waals surface area contributed by atoms with Crippen molar-refractivity contribution in [2.24, 2.45) is 7.05 Å². The summed E-state index contributed by atoms with van der Waals surface area (Å²) < 4.78 is 7.61. The predicted octanol–water partition coefficient (Wildman–Crippen LogP) is 3.42. The van der Waals surface area contributed by atoms with E-state index in [2.05, 4.69) is 5.10 Å². The Morgan fingerprint density at radius 2 is 1.52 bits per heavy atom. The number of carbonyl (C=O) groups excluding carboxylic acids is 1. The highest BCUT2D eigenvalue weighted by molar-refractivity contribution is 6.14. The van der Waals surface area contributed by atoms with Gasteiger partial charge in [0.25, 0.3) is 0 Å². The van der Waals surface area contributed by atoms with Crippen molar-refractivity contribution in [3.8, 4) is 22.8 Å². The van der Waals surface area contributed by atoms with Crippen LogP contribution in [0.2, 0.25) is 0 Å². The minimum absolute atomic E-state index is 0.0665. The molecule has 0 saturated carbocycles. The third-order valence-electron chi connectivity index (χ3n) is 3.57. The lowest BCUT2D eigenvalue weighted by atomic mass is 9.98. The lowest BCUT2D eigenvalue weighted by molar-refractivity contribution is 0.103. The van der Waals surface area contributed by atoms with Crippen molar-refractivity contribution in [3.05, 3.63) is 65.9 Å². The first-order valence-corrected chi connectivity index (χ1v) is 6.68. The molecule has 21 heavy (non-hydrogen) atoms. The molecule has 0 amide bonds. The van der Waals surface area contributed by atoms with Crippen LogP contribution in [0.4, 0.5) is 0 Å². The lowest BCUT2D eigenvalue weighted by Crippen LogP contribution is -2.07. The minimum atomic E-state index is -0.0665. The number of aryl methyl sites for hydroxylation is 1. The predicted molar refractivity (Wildman–Crippen MR) is 78.6 cm³/mol. The Morgan fingerprint density at radius 3 is 2.29 bits per heavy atom. The van der Waals surface area contributed by atoms with Crippen LogP contribution in [-0.4, -0.2) is 15.6 Å². The largest absolute Gasteiger partial charge is 0.456 e. The number of nitrogens with zero attached hydrogens (tertiary/aromatic N) is 2. The molecule has 0 aliphatic carbocycles. The second kappa shape index (κ2) is 4.31. The molecular weight excluding hydrogens is 264 g/mol. The van der Waals surface area contributed by atoms with Gasteiger partial charge < -0.3 is 4.74 Å². The highest BCUT2D eigenvalue weighted by Crippen LogP contribution is 2.39. The van der Waals surface area contributed by atoms with Crippen LogP contribution in [0.15, 0.2) is 54.7 Å². The number of benzene rings is 2. The van der Waals surface area contributed by atoms with Crippen molar-refractivity contribution in [2.75, 3.05) is 0 Å². The summed E-state index contributed by atoms with van der Waals surface area (Å²) in [5.41, 5.74) is 2.64. The number of fused-ring (bicyclic) bond motifs is 4. The number of hydrogen-bond donors (Lipinski definition) is 0. The fourth-order valence-corrected chi connectivity index (χ4v) is 2.61. The van der Waals surface area contributed by atoms with Gasteiger partial charge in [-0.15, -0.1) is 0 Å². The average Bonchev–Trinajstić information content (AvgIpc) is 2.88. The second-order valence-corrected chi connectivity index (χ2v) is 4.99. The summed E-state index contributed by atoms with van der Waals surface area (Å²) in [5, 5.41) is 4.43. The summed E-state index contributed by atoms with van der Waals surface area (Å²) >= 11 is 0. The van der Waals surface area contributed by atoms with E-state index in [1.54, 1.807) is 16.9 Å². The highest BCUT2D eigenvalue weighted by Gasteiger charge is 2.26. The maximum atomic E-state index is 12.8. The first-order chi connectivity index (χ1) is 10.2. The lowest BCUT2D eigenvalue weighted by Gasteiger charge is -2.16. The number of para-hydroxylation sites is 2. The molecule has 1 aliphatic rings. The molecule has 3 aromatic rings. The molecule has 4 nitrogen and oxygen atoms in total. The summed E-state index contributed by atoms with van der Waals surface area (Å²) in [6.07, 6.45) is 1.76. The van der Waals surface area contributed by atoms with Gasteiger partial charge in [-0.25, -0.2) is 0 Å². The van der Waals surface area contributed by atoms with Crippen LogP contribution in [0.5, 0.6) is 11.5 Å².